The van der Waals surface area contributed by atoms with Crippen LogP contribution >= 0.6 is 0 Å². The number of likely N-dealkylation sites (N-methyl/N-ethyl adjacent to an activating group) is 2. The highest BCUT2D eigenvalue weighted by molar-refractivity contribution is 5.86. The van der Waals surface area contributed by atoms with Gasteiger partial charge in [-0.1, -0.05) is 0 Å². The fourth-order valence-corrected chi connectivity index (χ4v) is 1.17. The highest BCUT2D eigenvalue weighted by atomic mass is 16.4. The zero-order valence-electron chi connectivity index (χ0n) is 9.65. The number of carboxylic acid groups (broad SMARTS) is 1. The highest BCUT2D eigenvalue weighted by Crippen LogP contribution is 1.98. The third-order valence-corrected chi connectivity index (χ3v) is 2.00. The molecule has 6 heteroatoms. The van der Waals surface area contributed by atoms with Gasteiger partial charge in [0.2, 0.25) is 11.8 Å². The molecule has 16 heavy (non-hydrogen) atoms. The van der Waals surface area contributed by atoms with Gasteiger partial charge in [0.1, 0.15) is 0 Å². The van der Waals surface area contributed by atoms with Gasteiger partial charge in [0.15, 0.2) is 0 Å². The zero-order chi connectivity index (χ0) is 12.6. The van der Waals surface area contributed by atoms with Crippen LogP contribution in [-0.2, 0) is 14.4 Å². The highest BCUT2D eigenvalue weighted by Gasteiger charge is 2.15. The molecule has 2 amide bonds. The van der Waals surface area contributed by atoms with Crippen LogP contribution in [0.15, 0.2) is 0 Å². The van der Waals surface area contributed by atoms with E-state index < -0.39 is 5.97 Å². The molecule has 0 aromatic rings. The number of hydrogen-bond acceptors (Lipinski definition) is 3. The molecule has 0 atom stereocenters. The van der Waals surface area contributed by atoms with E-state index in [2.05, 4.69) is 5.32 Å². The Labute approximate surface area is 94.6 Å². The van der Waals surface area contributed by atoms with E-state index in [1.54, 1.807) is 13.8 Å². The van der Waals surface area contributed by atoms with Crippen LogP contribution in [0.5, 0.6) is 0 Å². The second kappa shape index (κ2) is 7.67. The first-order chi connectivity index (χ1) is 7.51. The third kappa shape index (κ3) is 6.00. The van der Waals surface area contributed by atoms with Gasteiger partial charge >= 0.3 is 5.97 Å². The molecule has 0 aromatic carbocycles. The largest absolute Gasteiger partial charge is 0.481 e. The standard InChI is InChI=1S/C10H18N2O4/c1-3-11-8(13)7-12(4-2)9(14)5-6-10(15)16/h3-7H2,1-2H3,(H,11,13)(H,15,16). The molecule has 0 aromatic heterocycles. The summed E-state index contributed by atoms with van der Waals surface area (Å²) in [6.45, 7) is 4.44. The van der Waals surface area contributed by atoms with Crippen molar-refractivity contribution in [1.29, 1.82) is 0 Å². The molecule has 6 nitrogen and oxygen atoms in total. The summed E-state index contributed by atoms with van der Waals surface area (Å²) in [5, 5.41) is 11.0. The Balaban J connectivity index is 4.11. The molecule has 0 radical (unpaired) electrons. The number of hydrogen-bond donors (Lipinski definition) is 2. The van der Waals surface area contributed by atoms with Gasteiger partial charge in [-0.2, -0.15) is 0 Å². The van der Waals surface area contributed by atoms with Crippen molar-refractivity contribution in [2.45, 2.75) is 26.7 Å². The lowest BCUT2D eigenvalue weighted by Crippen LogP contribution is -2.40. The Bertz CT molecular complexity index is 266. The molecule has 0 aliphatic rings. The van der Waals surface area contributed by atoms with Crippen molar-refractivity contribution in [3.63, 3.8) is 0 Å². The molecule has 0 saturated carbocycles. The van der Waals surface area contributed by atoms with Crippen molar-refractivity contribution >= 4 is 17.8 Å². The average Bonchev–Trinajstić information content (AvgIpc) is 2.22. The van der Waals surface area contributed by atoms with E-state index in [0.29, 0.717) is 13.1 Å². The van der Waals surface area contributed by atoms with Crippen molar-refractivity contribution in [3.8, 4) is 0 Å². The number of carboxylic acids is 1. The van der Waals surface area contributed by atoms with Crippen molar-refractivity contribution in [1.82, 2.24) is 10.2 Å². The van der Waals surface area contributed by atoms with Crippen LogP contribution < -0.4 is 5.32 Å². The van der Waals surface area contributed by atoms with Gasteiger partial charge in [0.25, 0.3) is 0 Å². The minimum absolute atomic E-state index is 0.0111. The Morgan fingerprint density at radius 1 is 1.19 bits per heavy atom. The molecule has 0 rings (SSSR count). The summed E-state index contributed by atoms with van der Waals surface area (Å²) in [6.07, 6.45) is -0.271. The zero-order valence-corrected chi connectivity index (χ0v) is 9.65. The molecule has 0 aliphatic carbocycles. The van der Waals surface area contributed by atoms with Crippen LogP contribution in [0.2, 0.25) is 0 Å². The molecule has 0 heterocycles. The lowest BCUT2D eigenvalue weighted by atomic mass is 10.2. The smallest absolute Gasteiger partial charge is 0.303 e. The van der Waals surface area contributed by atoms with Crippen LogP contribution in [0.3, 0.4) is 0 Å². The van der Waals surface area contributed by atoms with Gasteiger partial charge in [-0.25, -0.2) is 0 Å². The Morgan fingerprint density at radius 2 is 1.81 bits per heavy atom. The first kappa shape index (κ1) is 14.4. The predicted octanol–water partition coefficient (Wildman–Crippen LogP) is -0.164. The second-order valence-electron chi connectivity index (χ2n) is 3.26. The van der Waals surface area contributed by atoms with Crippen LogP contribution in [0, 0.1) is 0 Å². The van der Waals surface area contributed by atoms with Gasteiger partial charge in [-0.15, -0.1) is 0 Å². The Kier molecular flexibility index (Phi) is 6.91. The van der Waals surface area contributed by atoms with Crippen molar-refractivity contribution in [2.75, 3.05) is 19.6 Å². The summed E-state index contributed by atoms with van der Waals surface area (Å²) < 4.78 is 0. The van der Waals surface area contributed by atoms with Crippen molar-refractivity contribution in [2.24, 2.45) is 0 Å². The van der Waals surface area contributed by atoms with Crippen LogP contribution in [-0.4, -0.2) is 47.4 Å². The SMILES string of the molecule is CCNC(=O)CN(CC)C(=O)CCC(=O)O. The van der Waals surface area contributed by atoms with Gasteiger partial charge in [-0.3, -0.25) is 14.4 Å². The monoisotopic (exact) mass is 230 g/mol. The van der Waals surface area contributed by atoms with Crippen LogP contribution in [0.4, 0.5) is 0 Å². The van der Waals surface area contributed by atoms with E-state index in [-0.39, 0.29) is 31.2 Å². The number of carbonyl (C=O) groups is 3. The molecule has 2 N–H and O–H groups in total. The van der Waals surface area contributed by atoms with Crippen molar-refractivity contribution < 1.29 is 19.5 Å². The van der Waals surface area contributed by atoms with Crippen LogP contribution in [0.1, 0.15) is 26.7 Å². The van der Waals surface area contributed by atoms with E-state index in [1.165, 1.54) is 4.90 Å². The third-order valence-electron chi connectivity index (χ3n) is 2.00. The quantitative estimate of drug-likeness (QED) is 0.636. The van der Waals surface area contributed by atoms with E-state index in [4.69, 9.17) is 5.11 Å². The minimum atomic E-state index is -1.01. The van der Waals surface area contributed by atoms with Gasteiger partial charge in [0, 0.05) is 19.5 Å². The lowest BCUT2D eigenvalue weighted by Gasteiger charge is -2.19. The maximum absolute atomic E-state index is 11.5. The van der Waals surface area contributed by atoms with Gasteiger partial charge in [-0.05, 0) is 13.8 Å². The molecule has 0 saturated heterocycles. The number of aliphatic carboxylic acids is 1. The summed E-state index contributed by atoms with van der Waals surface area (Å²) in [6, 6.07) is 0. The minimum Gasteiger partial charge on any atom is -0.481 e. The second-order valence-corrected chi connectivity index (χ2v) is 3.26. The number of amides is 2. The van der Waals surface area contributed by atoms with Crippen molar-refractivity contribution in [3.05, 3.63) is 0 Å². The first-order valence-corrected chi connectivity index (χ1v) is 5.27. The summed E-state index contributed by atoms with van der Waals surface area (Å²) in [5.41, 5.74) is 0. The Morgan fingerprint density at radius 3 is 2.25 bits per heavy atom. The van der Waals surface area contributed by atoms with E-state index >= 15 is 0 Å². The van der Waals surface area contributed by atoms with E-state index in [0.717, 1.165) is 0 Å². The molecule has 92 valence electrons. The number of carbonyl (C=O) groups excluding carboxylic acids is 2. The molecule has 0 bridgehead atoms. The van der Waals surface area contributed by atoms with Crippen LogP contribution in [0.25, 0.3) is 0 Å². The maximum atomic E-state index is 11.5. The molecule has 0 fully saturated rings. The number of nitrogens with one attached hydrogen (secondary N) is 1. The summed E-state index contributed by atoms with van der Waals surface area (Å²) >= 11 is 0. The topological polar surface area (TPSA) is 86.7 Å². The fourth-order valence-electron chi connectivity index (χ4n) is 1.17. The normalized spacial score (nSPS) is 9.62. The molecule has 0 aliphatic heterocycles. The molecular weight excluding hydrogens is 212 g/mol. The fraction of sp³-hybridized carbons (Fsp3) is 0.700. The predicted molar refractivity (Wildman–Crippen MR) is 57.8 cm³/mol. The lowest BCUT2D eigenvalue weighted by molar-refractivity contribution is -0.141. The van der Waals surface area contributed by atoms with E-state index in [1.807, 2.05) is 0 Å². The molecule has 0 spiro atoms. The first-order valence-electron chi connectivity index (χ1n) is 5.27. The number of nitrogens with zero attached hydrogens (tertiary/aromatic N) is 1. The number of rotatable bonds is 7. The van der Waals surface area contributed by atoms with Gasteiger partial charge < -0.3 is 15.3 Å². The summed E-state index contributed by atoms with van der Waals surface area (Å²) in [5.74, 6) is -1.55. The van der Waals surface area contributed by atoms with E-state index in [9.17, 15) is 14.4 Å². The maximum Gasteiger partial charge on any atom is 0.303 e. The Hall–Kier alpha value is -1.59. The summed E-state index contributed by atoms with van der Waals surface area (Å²) in [7, 11) is 0. The van der Waals surface area contributed by atoms with Gasteiger partial charge in [0.05, 0.1) is 13.0 Å². The average molecular weight is 230 g/mol. The molecular formula is C10H18N2O4. The summed E-state index contributed by atoms with van der Waals surface area (Å²) in [4.78, 5) is 34.4. The molecule has 0 unspecified atom stereocenters.